The highest BCUT2D eigenvalue weighted by molar-refractivity contribution is 7.16. The van der Waals surface area contributed by atoms with E-state index in [1.165, 1.54) is 14.2 Å². The van der Waals surface area contributed by atoms with Crippen LogP contribution in [0.5, 0.6) is 11.5 Å². The lowest BCUT2D eigenvalue weighted by molar-refractivity contribution is -0.136. The summed E-state index contributed by atoms with van der Waals surface area (Å²) < 4.78 is 10.3. The molecule has 2 aromatic rings. The standard InChI is InChI=1S/C15H16N2O5S/c1-8-12(7-13(18)19)23-15(16-8)17-14(20)9-4-5-10(21-2)11(6-9)22-3/h4-6H,7H2,1-3H3,(H,18,19)(H,16,17,20). The van der Waals surface area contributed by atoms with Crippen LogP contribution in [0.4, 0.5) is 5.13 Å². The maximum Gasteiger partial charge on any atom is 0.308 e. The molecule has 1 heterocycles. The molecule has 1 aromatic heterocycles. The Bertz CT molecular complexity index is 741. The van der Waals surface area contributed by atoms with Gasteiger partial charge in [-0.3, -0.25) is 14.9 Å². The monoisotopic (exact) mass is 336 g/mol. The summed E-state index contributed by atoms with van der Waals surface area (Å²) in [5, 5.41) is 11.9. The second kappa shape index (κ2) is 7.10. The Morgan fingerprint density at radius 2 is 1.96 bits per heavy atom. The number of aliphatic carboxylic acids is 1. The first-order valence-corrected chi connectivity index (χ1v) is 7.47. The minimum atomic E-state index is -0.936. The van der Waals surface area contributed by atoms with Gasteiger partial charge >= 0.3 is 5.97 Å². The van der Waals surface area contributed by atoms with Crippen molar-refractivity contribution >= 4 is 28.3 Å². The molecule has 0 fully saturated rings. The molecule has 0 bridgehead atoms. The maximum absolute atomic E-state index is 12.3. The fourth-order valence-corrected chi connectivity index (χ4v) is 2.88. The topological polar surface area (TPSA) is 97.8 Å². The van der Waals surface area contributed by atoms with Gasteiger partial charge in [-0.15, -0.1) is 11.3 Å². The Labute approximate surface area is 136 Å². The lowest BCUT2D eigenvalue weighted by atomic mass is 10.2. The number of thiazole rings is 1. The molecule has 8 heteroatoms. The second-order valence-corrected chi connectivity index (χ2v) is 5.71. The highest BCUT2D eigenvalue weighted by Crippen LogP contribution is 2.28. The number of ether oxygens (including phenoxy) is 2. The number of nitrogens with zero attached hydrogens (tertiary/aromatic N) is 1. The number of carboxylic acids is 1. The van der Waals surface area contributed by atoms with Gasteiger partial charge < -0.3 is 14.6 Å². The number of benzene rings is 1. The number of methoxy groups -OCH3 is 2. The molecule has 0 atom stereocenters. The van der Waals surface area contributed by atoms with Crippen LogP contribution in [0.1, 0.15) is 20.9 Å². The first-order chi connectivity index (χ1) is 10.9. The summed E-state index contributed by atoms with van der Waals surface area (Å²) in [6, 6.07) is 4.80. The van der Waals surface area contributed by atoms with Gasteiger partial charge in [0.25, 0.3) is 5.91 Å². The summed E-state index contributed by atoms with van der Waals surface area (Å²) in [5.74, 6) is -0.323. The number of hydrogen-bond acceptors (Lipinski definition) is 6. The molecule has 0 saturated heterocycles. The van der Waals surface area contributed by atoms with Crippen molar-refractivity contribution < 1.29 is 24.2 Å². The predicted octanol–water partition coefficient (Wildman–Crippen LogP) is 2.35. The molecule has 1 aromatic carbocycles. The summed E-state index contributed by atoms with van der Waals surface area (Å²) in [6.07, 6.45) is -0.115. The fourth-order valence-electron chi connectivity index (χ4n) is 1.93. The van der Waals surface area contributed by atoms with Crippen LogP contribution in [-0.2, 0) is 11.2 Å². The number of carbonyl (C=O) groups excluding carboxylic acids is 1. The Balaban J connectivity index is 2.17. The van der Waals surface area contributed by atoms with Crippen LogP contribution in [0.2, 0.25) is 0 Å². The molecule has 0 aliphatic heterocycles. The number of carboxylic acid groups (broad SMARTS) is 1. The average Bonchev–Trinajstić information content (AvgIpc) is 2.85. The van der Waals surface area contributed by atoms with E-state index < -0.39 is 5.97 Å². The van der Waals surface area contributed by atoms with E-state index in [2.05, 4.69) is 10.3 Å². The molecule has 0 spiro atoms. The number of anilines is 1. The number of aromatic nitrogens is 1. The van der Waals surface area contributed by atoms with E-state index >= 15 is 0 Å². The van der Waals surface area contributed by atoms with E-state index in [0.717, 1.165) is 11.3 Å². The smallest absolute Gasteiger partial charge is 0.308 e. The highest BCUT2D eigenvalue weighted by Gasteiger charge is 2.15. The Morgan fingerprint density at radius 3 is 2.57 bits per heavy atom. The van der Waals surface area contributed by atoms with Gasteiger partial charge in [-0.1, -0.05) is 0 Å². The molecule has 0 radical (unpaired) electrons. The summed E-state index contributed by atoms with van der Waals surface area (Å²) >= 11 is 1.15. The lowest BCUT2D eigenvalue weighted by Gasteiger charge is -2.09. The van der Waals surface area contributed by atoms with Crippen LogP contribution >= 0.6 is 11.3 Å². The van der Waals surface area contributed by atoms with E-state index in [1.54, 1.807) is 25.1 Å². The second-order valence-electron chi connectivity index (χ2n) is 4.62. The van der Waals surface area contributed by atoms with Crippen molar-refractivity contribution in [1.82, 2.24) is 4.98 Å². The zero-order valence-corrected chi connectivity index (χ0v) is 13.7. The van der Waals surface area contributed by atoms with Crippen LogP contribution in [0.15, 0.2) is 18.2 Å². The third-order valence-electron chi connectivity index (χ3n) is 3.07. The molecule has 2 rings (SSSR count). The summed E-state index contributed by atoms with van der Waals surface area (Å²) in [5.41, 5.74) is 0.982. The fraction of sp³-hybridized carbons (Fsp3) is 0.267. The highest BCUT2D eigenvalue weighted by atomic mass is 32.1. The van der Waals surface area contributed by atoms with Crippen molar-refractivity contribution in [2.24, 2.45) is 0 Å². The summed E-state index contributed by atoms with van der Waals surface area (Å²) in [4.78, 5) is 27.8. The lowest BCUT2D eigenvalue weighted by Crippen LogP contribution is -2.11. The van der Waals surface area contributed by atoms with Crippen LogP contribution in [0.3, 0.4) is 0 Å². The largest absolute Gasteiger partial charge is 0.493 e. The maximum atomic E-state index is 12.3. The third kappa shape index (κ3) is 3.98. The predicted molar refractivity (Wildman–Crippen MR) is 85.7 cm³/mol. The first kappa shape index (κ1) is 16.8. The van der Waals surface area contributed by atoms with E-state index in [4.69, 9.17) is 14.6 Å². The average molecular weight is 336 g/mol. The number of amides is 1. The van der Waals surface area contributed by atoms with Crippen LogP contribution in [0.25, 0.3) is 0 Å². The van der Waals surface area contributed by atoms with Crippen molar-refractivity contribution in [3.05, 3.63) is 34.3 Å². The Kier molecular flexibility index (Phi) is 5.17. The van der Waals surface area contributed by atoms with Crippen molar-refractivity contribution in [2.75, 3.05) is 19.5 Å². The van der Waals surface area contributed by atoms with Gasteiger partial charge in [0.1, 0.15) is 0 Å². The summed E-state index contributed by atoms with van der Waals surface area (Å²) in [6.45, 7) is 1.71. The number of rotatable bonds is 6. The first-order valence-electron chi connectivity index (χ1n) is 6.66. The normalized spacial score (nSPS) is 10.2. The number of nitrogens with one attached hydrogen (secondary N) is 1. The molecule has 122 valence electrons. The van der Waals surface area contributed by atoms with E-state index in [-0.39, 0.29) is 12.3 Å². The number of hydrogen-bond donors (Lipinski definition) is 2. The number of aryl methyl sites for hydroxylation is 1. The van der Waals surface area contributed by atoms with Crippen molar-refractivity contribution in [1.29, 1.82) is 0 Å². The van der Waals surface area contributed by atoms with Crippen molar-refractivity contribution in [2.45, 2.75) is 13.3 Å². The van der Waals surface area contributed by atoms with Crippen LogP contribution in [0, 0.1) is 6.92 Å². The van der Waals surface area contributed by atoms with E-state index in [9.17, 15) is 9.59 Å². The molecule has 23 heavy (non-hydrogen) atoms. The van der Waals surface area contributed by atoms with Crippen molar-refractivity contribution in [3.63, 3.8) is 0 Å². The molecule has 0 aliphatic carbocycles. The van der Waals surface area contributed by atoms with Gasteiger partial charge in [0.2, 0.25) is 0 Å². The zero-order valence-electron chi connectivity index (χ0n) is 12.9. The molecule has 7 nitrogen and oxygen atoms in total. The molecular weight excluding hydrogens is 320 g/mol. The Hall–Kier alpha value is -2.61. The van der Waals surface area contributed by atoms with Gasteiger partial charge in [-0.25, -0.2) is 4.98 Å². The minimum Gasteiger partial charge on any atom is -0.493 e. The zero-order chi connectivity index (χ0) is 17.0. The van der Waals surface area contributed by atoms with Gasteiger partial charge in [0, 0.05) is 10.4 Å². The molecule has 0 aliphatic rings. The molecular formula is C15H16N2O5S. The quantitative estimate of drug-likeness (QED) is 0.840. The SMILES string of the molecule is COc1ccc(C(=O)Nc2nc(C)c(CC(=O)O)s2)cc1OC. The molecule has 2 N–H and O–H groups in total. The molecule has 1 amide bonds. The molecule has 0 saturated carbocycles. The van der Waals surface area contributed by atoms with E-state index in [0.29, 0.717) is 32.8 Å². The van der Waals surface area contributed by atoms with Gasteiger partial charge in [0.15, 0.2) is 16.6 Å². The van der Waals surface area contributed by atoms with E-state index in [1.807, 2.05) is 0 Å². The van der Waals surface area contributed by atoms with Crippen LogP contribution < -0.4 is 14.8 Å². The minimum absolute atomic E-state index is 0.115. The van der Waals surface area contributed by atoms with Gasteiger partial charge in [0.05, 0.1) is 26.3 Å². The third-order valence-corrected chi connectivity index (χ3v) is 4.14. The van der Waals surface area contributed by atoms with Crippen molar-refractivity contribution in [3.8, 4) is 11.5 Å². The number of carbonyl (C=O) groups is 2. The summed E-state index contributed by atoms with van der Waals surface area (Å²) in [7, 11) is 3.00. The molecule has 0 unspecified atom stereocenters. The Morgan fingerprint density at radius 1 is 1.26 bits per heavy atom. The van der Waals surface area contributed by atoms with Gasteiger partial charge in [-0.2, -0.15) is 0 Å². The van der Waals surface area contributed by atoms with Gasteiger partial charge in [-0.05, 0) is 25.1 Å². The van der Waals surface area contributed by atoms with Crippen LogP contribution in [-0.4, -0.2) is 36.2 Å².